The minimum absolute atomic E-state index is 0.236. The molecule has 0 saturated heterocycles. The van der Waals surface area contributed by atoms with Crippen molar-refractivity contribution in [3.8, 4) is 6.07 Å². The lowest BCUT2D eigenvalue weighted by Gasteiger charge is -2.33. The van der Waals surface area contributed by atoms with Crippen molar-refractivity contribution >= 4 is 0 Å². The summed E-state index contributed by atoms with van der Waals surface area (Å²) in [5.74, 6) is -0.236. The van der Waals surface area contributed by atoms with Gasteiger partial charge in [0.2, 0.25) is 0 Å². The molecule has 0 heterocycles. The zero-order valence-corrected chi connectivity index (χ0v) is 11.3. The van der Waals surface area contributed by atoms with Crippen LogP contribution in [0.4, 0.5) is 4.39 Å². The summed E-state index contributed by atoms with van der Waals surface area (Å²) in [4.78, 5) is 0. The van der Waals surface area contributed by atoms with Crippen LogP contribution in [0.25, 0.3) is 0 Å². The molecule has 0 spiro atoms. The van der Waals surface area contributed by atoms with Crippen molar-refractivity contribution in [3.05, 3.63) is 71.0 Å². The van der Waals surface area contributed by atoms with Crippen LogP contribution in [0, 0.1) is 17.1 Å². The number of nitriles is 1. The van der Waals surface area contributed by atoms with Crippen LogP contribution < -0.4 is 0 Å². The lowest BCUT2D eigenvalue weighted by Crippen LogP contribution is -2.31. The van der Waals surface area contributed by atoms with E-state index >= 15 is 0 Å². The average molecular weight is 265 g/mol. The minimum atomic E-state index is -0.511. The average Bonchev–Trinajstić information content (AvgIpc) is 2.47. The van der Waals surface area contributed by atoms with Gasteiger partial charge in [0.05, 0.1) is 11.5 Å². The molecular formula is C18H16FN. The maximum atomic E-state index is 13.4. The van der Waals surface area contributed by atoms with E-state index in [1.54, 1.807) is 6.07 Å². The predicted molar refractivity (Wildman–Crippen MR) is 76.8 cm³/mol. The second-order valence-corrected chi connectivity index (χ2v) is 5.51. The molecule has 0 fully saturated rings. The van der Waals surface area contributed by atoms with E-state index in [1.165, 1.54) is 17.7 Å². The van der Waals surface area contributed by atoms with Crippen LogP contribution in [0.1, 0.15) is 29.5 Å². The number of benzene rings is 2. The summed E-state index contributed by atoms with van der Waals surface area (Å²) in [5.41, 5.74) is 2.76. The Kier molecular flexibility index (Phi) is 3.28. The van der Waals surface area contributed by atoms with Crippen molar-refractivity contribution < 1.29 is 4.39 Å². The summed E-state index contributed by atoms with van der Waals surface area (Å²) in [6, 6.07) is 17.3. The molecule has 1 aliphatic carbocycles. The molecule has 0 radical (unpaired) electrons. The van der Waals surface area contributed by atoms with Crippen LogP contribution in [0.5, 0.6) is 0 Å². The van der Waals surface area contributed by atoms with E-state index in [-0.39, 0.29) is 5.82 Å². The molecule has 0 aliphatic heterocycles. The number of aryl methyl sites for hydroxylation is 1. The maximum Gasteiger partial charge on any atom is 0.123 e. The fraction of sp³-hybridized carbons (Fsp3) is 0.278. The fourth-order valence-corrected chi connectivity index (χ4v) is 3.26. The first kappa shape index (κ1) is 12.9. The molecule has 0 N–H and O–H groups in total. The summed E-state index contributed by atoms with van der Waals surface area (Å²) in [5, 5.41) is 9.78. The Bertz CT molecular complexity index is 671. The molecule has 100 valence electrons. The van der Waals surface area contributed by atoms with Crippen molar-refractivity contribution in [3.63, 3.8) is 0 Å². The van der Waals surface area contributed by atoms with Gasteiger partial charge in [-0.05, 0) is 54.5 Å². The highest BCUT2D eigenvalue weighted by atomic mass is 19.1. The summed E-state index contributed by atoms with van der Waals surface area (Å²) in [6.45, 7) is 0. The molecule has 2 aromatic carbocycles. The van der Waals surface area contributed by atoms with E-state index in [1.807, 2.05) is 18.2 Å². The number of nitrogens with zero attached hydrogens (tertiary/aromatic N) is 1. The molecule has 0 aromatic heterocycles. The van der Waals surface area contributed by atoms with E-state index in [4.69, 9.17) is 0 Å². The molecular weight excluding hydrogens is 249 g/mol. The van der Waals surface area contributed by atoms with Crippen LogP contribution in [0.2, 0.25) is 0 Å². The molecule has 1 atom stereocenters. The molecule has 0 amide bonds. The van der Waals surface area contributed by atoms with Crippen LogP contribution in [-0.2, 0) is 18.3 Å². The molecule has 1 aliphatic rings. The van der Waals surface area contributed by atoms with Gasteiger partial charge in [-0.2, -0.15) is 5.26 Å². The molecule has 20 heavy (non-hydrogen) atoms. The van der Waals surface area contributed by atoms with Gasteiger partial charge in [0.15, 0.2) is 0 Å². The second kappa shape index (κ2) is 5.09. The summed E-state index contributed by atoms with van der Waals surface area (Å²) in [6.07, 6.45) is 3.47. The number of hydrogen-bond donors (Lipinski definition) is 0. The van der Waals surface area contributed by atoms with Crippen molar-refractivity contribution in [2.45, 2.75) is 31.1 Å². The summed E-state index contributed by atoms with van der Waals surface area (Å²) in [7, 11) is 0. The molecule has 1 unspecified atom stereocenters. The summed E-state index contributed by atoms with van der Waals surface area (Å²) >= 11 is 0. The van der Waals surface area contributed by atoms with Gasteiger partial charge in [-0.25, -0.2) is 4.39 Å². The third kappa shape index (κ3) is 2.20. The zero-order chi connectivity index (χ0) is 14.0. The first-order valence-electron chi connectivity index (χ1n) is 6.98. The number of hydrogen-bond acceptors (Lipinski definition) is 1. The quantitative estimate of drug-likeness (QED) is 0.799. The third-order valence-electron chi connectivity index (χ3n) is 4.19. The van der Waals surface area contributed by atoms with Crippen molar-refractivity contribution in [1.82, 2.24) is 0 Å². The van der Waals surface area contributed by atoms with Gasteiger partial charge in [0, 0.05) is 0 Å². The van der Waals surface area contributed by atoms with Gasteiger partial charge in [0.1, 0.15) is 5.82 Å². The molecule has 2 heteroatoms. The van der Waals surface area contributed by atoms with Crippen molar-refractivity contribution in [2.75, 3.05) is 0 Å². The van der Waals surface area contributed by atoms with Crippen LogP contribution in [0.3, 0.4) is 0 Å². The topological polar surface area (TPSA) is 23.8 Å². The number of rotatable bonds is 2. The summed E-state index contributed by atoms with van der Waals surface area (Å²) < 4.78 is 13.4. The smallest absolute Gasteiger partial charge is 0.123 e. The highest BCUT2D eigenvalue weighted by Crippen LogP contribution is 2.39. The van der Waals surface area contributed by atoms with Crippen LogP contribution >= 0.6 is 0 Å². The van der Waals surface area contributed by atoms with Crippen LogP contribution in [0.15, 0.2) is 48.5 Å². The van der Waals surface area contributed by atoms with E-state index in [0.717, 1.165) is 30.4 Å². The third-order valence-corrected chi connectivity index (χ3v) is 4.19. The van der Waals surface area contributed by atoms with Gasteiger partial charge < -0.3 is 0 Å². The van der Waals surface area contributed by atoms with Crippen molar-refractivity contribution in [2.24, 2.45) is 0 Å². The van der Waals surface area contributed by atoms with Crippen molar-refractivity contribution in [1.29, 1.82) is 5.26 Å². The lowest BCUT2D eigenvalue weighted by molar-refractivity contribution is 0.449. The highest BCUT2D eigenvalue weighted by Gasteiger charge is 2.36. The highest BCUT2D eigenvalue weighted by molar-refractivity contribution is 5.43. The molecule has 3 rings (SSSR count). The molecule has 1 nitrogen and oxygen atoms in total. The Balaban J connectivity index is 2.03. The number of halogens is 1. The van der Waals surface area contributed by atoms with Gasteiger partial charge in [-0.15, -0.1) is 0 Å². The number of fused-ring (bicyclic) bond motifs is 1. The maximum absolute atomic E-state index is 13.4. The Morgan fingerprint density at radius 3 is 2.80 bits per heavy atom. The monoisotopic (exact) mass is 265 g/mol. The largest absolute Gasteiger partial charge is 0.207 e. The van der Waals surface area contributed by atoms with Gasteiger partial charge >= 0.3 is 0 Å². The van der Waals surface area contributed by atoms with Gasteiger partial charge in [-0.1, -0.05) is 36.4 Å². The first-order chi connectivity index (χ1) is 9.73. The van der Waals surface area contributed by atoms with E-state index in [0.29, 0.717) is 6.42 Å². The van der Waals surface area contributed by atoms with E-state index < -0.39 is 5.41 Å². The Morgan fingerprint density at radius 2 is 2.00 bits per heavy atom. The van der Waals surface area contributed by atoms with E-state index in [9.17, 15) is 9.65 Å². The van der Waals surface area contributed by atoms with E-state index in [2.05, 4.69) is 18.2 Å². The first-order valence-corrected chi connectivity index (χ1v) is 6.98. The van der Waals surface area contributed by atoms with Gasteiger partial charge in [-0.3, -0.25) is 0 Å². The Hall–Kier alpha value is -2.14. The second-order valence-electron chi connectivity index (χ2n) is 5.51. The standard InChI is InChI=1S/C18H16FN/c19-16-8-3-5-14(11-16)12-18(13-20)10-4-7-15-6-1-2-9-17(15)18/h1-3,5-6,8-9,11H,4,7,10,12H2. The molecule has 2 aromatic rings. The SMILES string of the molecule is N#CC1(Cc2cccc(F)c2)CCCc2ccccc21. The predicted octanol–water partition coefficient (Wildman–Crippen LogP) is 4.17. The fourth-order valence-electron chi connectivity index (χ4n) is 3.26. The Morgan fingerprint density at radius 1 is 1.15 bits per heavy atom. The normalized spacial score (nSPS) is 21.0. The molecule has 0 bridgehead atoms. The molecule has 0 saturated carbocycles. The Labute approximate surface area is 118 Å². The van der Waals surface area contributed by atoms with Gasteiger partial charge in [0.25, 0.3) is 0 Å². The zero-order valence-electron chi connectivity index (χ0n) is 11.3. The minimum Gasteiger partial charge on any atom is -0.207 e. The lowest BCUT2D eigenvalue weighted by atomic mass is 9.68. The van der Waals surface area contributed by atoms with Crippen LogP contribution in [-0.4, -0.2) is 0 Å².